The molecule has 0 bridgehead atoms. The fourth-order valence-electron chi connectivity index (χ4n) is 5.51. The highest BCUT2D eigenvalue weighted by Gasteiger charge is 2.25. The predicted molar refractivity (Wildman–Crippen MR) is 195 cm³/mol. The van der Waals surface area contributed by atoms with Gasteiger partial charge in [-0.2, -0.15) is 28.0 Å². The Balaban J connectivity index is 0.000000499. The lowest BCUT2D eigenvalue weighted by atomic mass is 10.1. The molecule has 2 aliphatic rings. The minimum atomic E-state index is -4.69. The summed E-state index contributed by atoms with van der Waals surface area (Å²) >= 11 is 3.51. The number of benzene rings is 5. The number of thioether (sulfide) groups is 2. The SMILES string of the molecule is CN1C(c2ccccc2)=C(C=Nc2cccc(N=CC3=C(c4ccccc4)N(C)c4ccccc4S3)c2)Sc2ccccc21.[O-][Cl+3]([O-])([O-])O.[O-][Cl+3]([O-])([O-])O. The minimum Gasteiger partial charge on any atom is -0.342 e. The quantitative estimate of drug-likeness (QED) is 0.236. The molecule has 2 N–H and O–H groups in total. The van der Waals surface area contributed by atoms with Crippen molar-refractivity contribution in [3.8, 4) is 0 Å². The molecule has 5 aromatic rings. The van der Waals surface area contributed by atoms with Crippen molar-refractivity contribution in [2.75, 3.05) is 23.9 Å². The van der Waals surface area contributed by atoms with Gasteiger partial charge in [0.2, 0.25) is 0 Å². The Hall–Kier alpha value is -4.52. The molecule has 0 radical (unpaired) electrons. The zero-order valence-corrected chi connectivity index (χ0v) is 31.7. The first kappa shape index (κ1) is 40.7. The average Bonchev–Trinajstić information content (AvgIpc) is 3.13. The van der Waals surface area contributed by atoms with Crippen LogP contribution < -0.4 is 37.8 Å². The van der Waals surface area contributed by atoms with E-state index in [-0.39, 0.29) is 0 Å². The molecule has 2 aliphatic heterocycles. The van der Waals surface area contributed by atoms with E-state index in [4.69, 9.17) is 47.3 Å². The second-order valence-corrected chi connectivity index (χ2v) is 15.0. The van der Waals surface area contributed by atoms with Gasteiger partial charge in [-0.25, -0.2) is 0 Å². The van der Waals surface area contributed by atoms with Gasteiger partial charge in [-0.15, -0.1) is 0 Å². The maximum atomic E-state index is 8.60. The minimum absolute atomic E-state index is 0.859. The zero-order valence-electron chi connectivity index (χ0n) is 28.6. The molecule has 0 aliphatic carbocycles. The number of hydrogen-bond acceptors (Lipinski definition) is 14. The smallest absolute Gasteiger partial charge is 0.0777 e. The van der Waals surface area contributed by atoms with E-state index in [0.717, 1.165) is 43.7 Å². The lowest BCUT2D eigenvalue weighted by molar-refractivity contribution is -1.92. The fourth-order valence-corrected chi connectivity index (χ4v) is 7.80. The van der Waals surface area contributed by atoms with E-state index >= 15 is 0 Å². The molecule has 0 spiro atoms. The van der Waals surface area contributed by atoms with Crippen LogP contribution >= 0.6 is 23.5 Å². The number of fused-ring (bicyclic) bond motifs is 2. The van der Waals surface area contributed by atoms with Gasteiger partial charge in [-0.3, -0.25) is 9.98 Å². The van der Waals surface area contributed by atoms with Crippen molar-refractivity contribution in [3.05, 3.63) is 154 Å². The summed E-state index contributed by atoms with van der Waals surface area (Å²) in [5.41, 5.74) is 8.73. The molecule has 16 heteroatoms. The summed E-state index contributed by atoms with van der Waals surface area (Å²) in [5, 5.41) is 0. The Morgan fingerprint density at radius 2 is 0.833 bits per heavy atom. The molecule has 0 atom stereocenters. The van der Waals surface area contributed by atoms with Gasteiger partial charge in [0.05, 0.1) is 73.8 Å². The van der Waals surface area contributed by atoms with Crippen LogP contribution in [0, 0.1) is 20.5 Å². The largest absolute Gasteiger partial charge is 0.342 e. The lowest BCUT2D eigenvalue weighted by Crippen LogP contribution is -2.58. The fraction of sp³-hybridized carbons (Fsp3) is 0.0526. The molecule has 12 nitrogen and oxygen atoms in total. The van der Waals surface area contributed by atoms with Gasteiger partial charge in [0.25, 0.3) is 0 Å². The molecule has 5 aromatic carbocycles. The summed E-state index contributed by atoms with van der Waals surface area (Å²) in [6.07, 6.45) is 3.97. The van der Waals surface area contributed by atoms with E-state index in [1.807, 2.05) is 36.7 Å². The number of para-hydroxylation sites is 2. The van der Waals surface area contributed by atoms with Crippen molar-refractivity contribution in [1.82, 2.24) is 0 Å². The number of hydrogen-bond donors (Lipinski definition) is 2. The van der Waals surface area contributed by atoms with Crippen LogP contribution in [0.25, 0.3) is 11.4 Å². The number of allylic oxidation sites excluding steroid dienone is 2. The van der Waals surface area contributed by atoms with Crippen molar-refractivity contribution in [2.24, 2.45) is 9.98 Å². The molecular formula is C38H32Cl2N4O8S2. The maximum absolute atomic E-state index is 8.60. The third-order valence-electron chi connectivity index (χ3n) is 7.62. The van der Waals surface area contributed by atoms with E-state index in [2.05, 4.69) is 133 Å². The van der Waals surface area contributed by atoms with Gasteiger partial charge in [0.15, 0.2) is 0 Å². The summed E-state index contributed by atoms with van der Waals surface area (Å²) in [4.78, 5) is 19.0. The van der Waals surface area contributed by atoms with Gasteiger partial charge in [0, 0.05) is 36.3 Å². The topological polar surface area (TPSA) is 210 Å². The molecule has 7 rings (SSSR count). The lowest BCUT2D eigenvalue weighted by Gasteiger charge is -2.31. The van der Waals surface area contributed by atoms with Crippen LogP contribution in [0.4, 0.5) is 22.7 Å². The van der Waals surface area contributed by atoms with Crippen LogP contribution in [-0.4, -0.2) is 35.8 Å². The Morgan fingerprint density at radius 3 is 1.20 bits per heavy atom. The van der Waals surface area contributed by atoms with Crippen molar-refractivity contribution in [1.29, 1.82) is 0 Å². The van der Waals surface area contributed by atoms with Crippen LogP contribution in [0.1, 0.15) is 11.1 Å². The van der Waals surface area contributed by atoms with E-state index < -0.39 is 20.5 Å². The number of anilines is 2. The summed E-state index contributed by atoms with van der Waals surface area (Å²) < 4.78 is 65.4. The van der Waals surface area contributed by atoms with E-state index in [9.17, 15) is 0 Å². The van der Waals surface area contributed by atoms with Crippen LogP contribution in [0.3, 0.4) is 0 Å². The summed E-state index contributed by atoms with van der Waals surface area (Å²) in [6, 6.07) is 46.2. The molecular weight excluding hydrogens is 775 g/mol. The second-order valence-electron chi connectivity index (χ2n) is 11.2. The molecule has 278 valence electrons. The Bertz CT molecular complexity index is 2020. The van der Waals surface area contributed by atoms with Crippen LogP contribution in [0.15, 0.2) is 163 Å². The molecule has 0 unspecified atom stereocenters. The average molecular weight is 808 g/mol. The highest BCUT2D eigenvalue weighted by Crippen LogP contribution is 2.46. The van der Waals surface area contributed by atoms with Crippen molar-refractivity contribution in [3.63, 3.8) is 0 Å². The molecule has 0 saturated carbocycles. The number of nitrogens with zero attached hydrogens (tertiary/aromatic N) is 4. The first-order valence-corrected chi connectivity index (χ1v) is 19.9. The van der Waals surface area contributed by atoms with Crippen molar-refractivity contribution < 1.29 is 57.8 Å². The third-order valence-corrected chi connectivity index (χ3v) is 9.78. The Morgan fingerprint density at radius 1 is 0.500 bits per heavy atom. The van der Waals surface area contributed by atoms with Gasteiger partial charge >= 0.3 is 0 Å². The van der Waals surface area contributed by atoms with Crippen molar-refractivity contribution >= 4 is 70.1 Å². The summed E-state index contributed by atoms with van der Waals surface area (Å²) in [5.74, 6) is 0. The molecule has 0 aromatic heterocycles. The highest BCUT2D eigenvalue weighted by atomic mass is 35.7. The molecule has 54 heavy (non-hydrogen) atoms. The number of aliphatic imine (C=N–C) groups is 2. The predicted octanol–water partition coefficient (Wildman–Crippen LogP) is 2.07. The van der Waals surface area contributed by atoms with Gasteiger partial charge < -0.3 is 9.80 Å². The Labute approximate surface area is 324 Å². The highest BCUT2D eigenvalue weighted by molar-refractivity contribution is 8.04. The molecule has 0 amide bonds. The maximum Gasteiger partial charge on any atom is 0.0777 e. The molecule has 0 saturated heterocycles. The first-order valence-electron chi connectivity index (χ1n) is 15.7. The van der Waals surface area contributed by atoms with Crippen LogP contribution in [0.5, 0.6) is 0 Å². The third kappa shape index (κ3) is 11.7. The van der Waals surface area contributed by atoms with Gasteiger partial charge in [0.1, 0.15) is 0 Å². The van der Waals surface area contributed by atoms with E-state index in [0.29, 0.717) is 0 Å². The molecule has 0 fully saturated rings. The Kier molecular flexibility index (Phi) is 13.7. The van der Waals surface area contributed by atoms with Crippen molar-refractivity contribution in [2.45, 2.75) is 9.79 Å². The van der Waals surface area contributed by atoms with E-state index in [1.165, 1.54) is 21.2 Å². The standard InChI is InChI=1S/C38H30N4S2.2ClHO4/c1-41-31-20-9-11-22-33(31)43-35(37(41)27-14-5-3-6-15-27)25-39-29-18-13-19-30(24-29)40-26-36-38(28-16-7-4-8-17-28)42(2)32-21-10-12-23-34(32)44-36;2*2-1(3,4)5/h3-26H,1-2H3;2*(H,2,3,4,5). The first-order chi connectivity index (χ1) is 25.7. The summed E-state index contributed by atoms with van der Waals surface area (Å²) in [7, 11) is -5.14. The number of halogens is 2. The van der Waals surface area contributed by atoms with Crippen LogP contribution in [0.2, 0.25) is 0 Å². The molecule has 2 heterocycles. The van der Waals surface area contributed by atoms with E-state index in [1.54, 1.807) is 23.5 Å². The summed E-state index contributed by atoms with van der Waals surface area (Å²) in [6.45, 7) is 0. The zero-order chi connectivity index (χ0) is 38.9. The number of rotatable bonds is 6. The van der Waals surface area contributed by atoms with Gasteiger partial charge in [-0.05, 0) is 53.6 Å². The monoisotopic (exact) mass is 806 g/mol. The second kappa shape index (κ2) is 18.2. The van der Waals surface area contributed by atoms with Crippen LogP contribution in [-0.2, 0) is 0 Å². The van der Waals surface area contributed by atoms with Gasteiger partial charge in [-0.1, -0.05) is 115 Å². The normalized spacial score (nSPS) is 14.3.